The van der Waals surface area contributed by atoms with Crippen molar-refractivity contribution in [1.29, 1.82) is 0 Å². The number of ether oxygens (including phenoxy) is 3. The SMILES string of the molecule is COc1cc(CN(C)C(=O)Cc2ccc(N(C)S(C)(=O)=O)cc2)cc(OC)c1OC. The molecule has 164 valence electrons. The molecule has 0 aliphatic carbocycles. The van der Waals surface area contributed by atoms with Crippen molar-refractivity contribution in [2.75, 3.05) is 46.0 Å². The summed E-state index contributed by atoms with van der Waals surface area (Å²) in [4.78, 5) is 14.3. The molecule has 0 aliphatic rings. The highest BCUT2D eigenvalue weighted by molar-refractivity contribution is 7.92. The van der Waals surface area contributed by atoms with Gasteiger partial charge < -0.3 is 19.1 Å². The number of rotatable bonds is 9. The van der Waals surface area contributed by atoms with E-state index >= 15 is 0 Å². The van der Waals surface area contributed by atoms with Crippen LogP contribution in [0.25, 0.3) is 0 Å². The van der Waals surface area contributed by atoms with Gasteiger partial charge >= 0.3 is 0 Å². The average molecular weight is 437 g/mol. The van der Waals surface area contributed by atoms with Crippen molar-refractivity contribution < 1.29 is 27.4 Å². The fourth-order valence-corrected chi connectivity index (χ4v) is 3.42. The fraction of sp³-hybridized carbons (Fsp3) is 0.381. The summed E-state index contributed by atoms with van der Waals surface area (Å²) in [5, 5.41) is 0. The Morgan fingerprint density at radius 2 is 1.43 bits per heavy atom. The van der Waals surface area contributed by atoms with Crippen LogP contribution in [0.5, 0.6) is 17.2 Å². The highest BCUT2D eigenvalue weighted by Gasteiger charge is 2.17. The van der Waals surface area contributed by atoms with Crippen LogP contribution in [0.3, 0.4) is 0 Å². The number of hydrogen-bond donors (Lipinski definition) is 0. The van der Waals surface area contributed by atoms with Crippen LogP contribution >= 0.6 is 0 Å². The summed E-state index contributed by atoms with van der Waals surface area (Å²) in [6.07, 6.45) is 1.34. The topological polar surface area (TPSA) is 85.4 Å². The van der Waals surface area contributed by atoms with Crippen LogP contribution in [0.4, 0.5) is 5.69 Å². The number of nitrogens with zero attached hydrogens (tertiary/aromatic N) is 2. The molecule has 30 heavy (non-hydrogen) atoms. The van der Waals surface area contributed by atoms with Crippen molar-refractivity contribution in [3.8, 4) is 17.2 Å². The Kier molecular flexibility index (Phi) is 7.55. The number of likely N-dealkylation sites (N-methyl/N-ethyl adjacent to an activating group) is 1. The normalized spacial score (nSPS) is 11.0. The standard InChI is InChI=1S/C21H28N2O6S/c1-22(14-16-11-18(27-3)21(29-5)19(12-16)28-4)20(24)13-15-7-9-17(10-8-15)23(2)30(6,25)26/h7-12H,13-14H2,1-6H3. The van der Waals surface area contributed by atoms with Crippen molar-refractivity contribution in [3.63, 3.8) is 0 Å². The largest absolute Gasteiger partial charge is 0.493 e. The van der Waals surface area contributed by atoms with Gasteiger partial charge in [-0.2, -0.15) is 0 Å². The van der Waals surface area contributed by atoms with E-state index in [4.69, 9.17) is 14.2 Å². The van der Waals surface area contributed by atoms with E-state index in [1.54, 1.807) is 62.6 Å². The van der Waals surface area contributed by atoms with Gasteiger partial charge in [0, 0.05) is 20.6 Å². The zero-order valence-electron chi connectivity index (χ0n) is 18.1. The van der Waals surface area contributed by atoms with E-state index in [0.29, 0.717) is 29.5 Å². The molecule has 2 aromatic carbocycles. The maximum atomic E-state index is 12.7. The predicted molar refractivity (Wildman–Crippen MR) is 116 cm³/mol. The van der Waals surface area contributed by atoms with Gasteiger partial charge in [0.25, 0.3) is 0 Å². The smallest absolute Gasteiger partial charge is 0.231 e. The quantitative estimate of drug-likeness (QED) is 0.600. The fourth-order valence-electron chi connectivity index (χ4n) is 2.91. The second-order valence-electron chi connectivity index (χ2n) is 6.86. The van der Waals surface area contributed by atoms with E-state index < -0.39 is 10.0 Å². The predicted octanol–water partition coefficient (Wildman–Crippen LogP) is 2.31. The lowest BCUT2D eigenvalue weighted by atomic mass is 10.1. The molecule has 0 unspecified atom stereocenters. The third kappa shape index (κ3) is 5.56. The van der Waals surface area contributed by atoms with Crippen LogP contribution in [0.2, 0.25) is 0 Å². The van der Waals surface area contributed by atoms with Gasteiger partial charge in [-0.1, -0.05) is 12.1 Å². The molecule has 8 nitrogen and oxygen atoms in total. The molecule has 0 N–H and O–H groups in total. The monoisotopic (exact) mass is 436 g/mol. The number of carbonyl (C=O) groups excluding carboxylic acids is 1. The molecule has 9 heteroatoms. The maximum absolute atomic E-state index is 12.7. The number of carbonyl (C=O) groups is 1. The second-order valence-corrected chi connectivity index (χ2v) is 8.87. The van der Waals surface area contributed by atoms with Crippen LogP contribution < -0.4 is 18.5 Å². The van der Waals surface area contributed by atoms with Crippen LogP contribution in [-0.4, -0.2) is 60.9 Å². The molecule has 0 aliphatic heterocycles. The van der Waals surface area contributed by atoms with Crippen molar-refractivity contribution in [1.82, 2.24) is 4.90 Å². The highest BCUT2D eigenvalue weighted by Crippen LogP contribution is 2.38. The molecule has 0 heterocycles. The Morgan fingerprint density at radius 1 is 0.900 bits per heavy atom. The van der Waals surface area contributed by atoms with Gasteiger partial charge in [-0.25, -0.2) is 8.42 Å². The molecule has 0 spiro atoms. The molecule has 0 atom stereocenters. The lowest BCUT2D eigenvalue weighted by Crippen LogP contribution is -2.28. The Bertz CT molecular complexity index is 964. The molecule has 0 bridgehead atoms. The molecule has 0 radical (unpaired) electrons. The molecule has 0 aromatic heterocycles. The first kappa shape index (κ1) is 23.3. The summed E-state index contributed by atoms with van der Waals surface area (Å²) in [7, 11) is 4.50. The van der Waals surface area contributed by atoms with Crippen molar-refractivity contribution in [2.24, 2.45) is 0 Å². The molecule has 1 amide bonds. The lowest BCUT2D eigenvalue weighted by molar-refractivity contribution is -0.129. The van der Waals surface area contributed by atoms with Gasteiger partial charge in [0.2, 0.25) is 21.7 Å². The summed E-state index contributed by atoms with van der Waals surface area (Å²) in [5.41, 5.74) is 2.17. The summed E-state index contributed by atoms with van der Waals surface area (Å²) < 4.78 is 40.5. The molecular formula is C21H28N2O6S. The Balaban J connectivity index is 2.10. The molecular weight excluding hydrogens is 408 g/mol. The summed E-state index contributed by atoms with van der Waals surface area (Å²) in [5.74, 6) is 1.47. The molecule has 2 aromatic rings. The van der Waals surface area contributed by atoms with Crippen LogP contribution in [0, 0.1) is 0 Å². The van der Waals surface area contributed by atoms with Crippen molar-refractivity contribution >= 4 is 21.6 Å². The van der Waals surface area contributed by atoms with Crippen molar-refractivity contribution in [3.05, 3.63) is 47.5 Å². The van der Waals surface area contributed by atoms with E-state index in [2.05, 4.69) is 0 Å². The lowest BCUT2D eigenvalue weighted by Gasteiger charge is -2.20. The first-order valence-electron chi connectivity index (χ1n) is 9.16. The van der Waals surface area contributed by atoms with E-state index in [0.717, 1.165) is 17.4 Å². The summed E-state index contributed by atoms with van der Waals surface area (Å²) in [6.45, 7) is 0.366. The first-order valence-corrected chi connectivity index (χ1v) is 11.0. The van der Waals surface area contributed by atoms with Gasteiger partial charge in [-0.15, -0.1) is 0 Å². The Morgan fingerprint density at radius 3 is 1.87 bits per heavy atom. The minimum absolute atomic E-state index is 0.0760. The molecule has 0 saturated heterocycles. The van der Waals surface area contributed by atoms with E-state index in [1.807, 2.05) is 0 Å². The number of sulfonamides is 1. The van der Waals surface area contributed by atoms with Gasteiger partial charge in [0.05, 0.1) is 39.7 Å². The molecule has 0 fully saturated rings. The van der Waals surface area contributed by atoms with E-state index in [1.165, 1.54) is 18.5 Å². The zero-order valence-corrected chi connectivity index (χ0v) is 18.9. The second kappa shape index (κ2) is 9.71. The zero-order chi connectivity index (χ0) is 22.5. The van der Waals surface area contributed by atoms with E-state index in [9.17, 15) is 13.2 Å². The minimum Gasteiger partial charge on any atom is -0.493 e. The van der Waals surface area contributed by atoms with Gasteiger partial charge in [0.15, 0.2) is 11.5 Å². The number of methoxy groups -OCH3 is 3. The minimum atomic E-state index is -3.33. The summed E-state index contributed by atoms with van der Waals surface area (Å²) >= 11 is 0. The third-order valence-corrected chi connectivity index (χ3v) is 5.93. The third-order valence-electron chi connectivity index (χ3n) is 4.72. The van der Waals surface area contributed by atoms with E-state index in [-0.39, 0.29) is 12.3 Å². The van der Waals surface area contributed by atoms with Crippen LogP contribution in [0.1, 0.15) is 11.1 Å². The molecule has 2 rings (SSSR count). The number of amides is 1. The average Bonchev–Trinajstić information content (AvgIpc) is 2.72. The molecule has 0 saturated carbocycles. The number of anilines is 1. The van der Waals surface area contributed by atoms with Gasteiger partial charge in [0.1, 0.15) is 0 Å². The Hall–Kier alpha value is -2.94. The Labute approximate surface area is 178 Å². The highest BCUT2D eigenvalue weighted by atomic mass is 32.2. The summed E-state index contributed by atoms with van der Waals surface area (Å²) in [6, 6.07) is 10.5. The number of hydrogen-bond acceptors (Lipinski definition) is 6. The van der Waals surface area contributed by atoms with Gasteiger partial charge in [-0.05, 0) is 35.4 Å². The van der Waals surface area contributed by atoms with Crippen molar-refractivity contribution in [2.45, 2.75) is 13.0 Å². The van der Waals surface area contributed by atoms with Gasteiger partial charge in [-0.3, -0.25) is 9.10 Å². The van der Waals surface area contributed by atoms with Crippen LogP contribution in [-0.2, 0) is 27.8 Å². The maximum Gasteiger partial charge on any atom is 0.231 e. The van der Waals surface area contributed by atoms with Crippen LogP contribution in [0.15, 0.2) is 36.4 Å². The first-order chi connectivity index (χ1) is 14.1. The number of benzene rings is 2.